The largest absolute Gasteiger partial charge is 0.497 e. The first-order chi connectivity index (χ1) is 14.2. The molecule has 1 aromatic heterocycles. The summed E-state index contributed by atoms with van der Waals surface area (Å²) in [5.74, 6) is 3.69. The highest BCUT2D eigenvalue weighted by Crippen LogP contribution is 2.41. The molecule has 0 atom stereocenters. The number of hydrogen-bond donors (Lipinski definition) is 0. The van der Waals surface area contributed by atoms with Gasteiger partial charge in [0.05, 0.1) is 45.2 Å². The van der Waals surface area contributed by atoms with Gasteiger partial charge < -0.3 is 9.47 Å². The van der Waals surface area contributed by atoms with Crippen molar-refractivity contribution in [1.82, 2.24) is 4.57 Å². The number of benzene rings is 2. The number of aryl methyl sites for hydroxylation is 1. The molecule has 0 saturated heterocycles. The van der Waals surface area contributed by atoms with E-state index in [1.165, 1.54) is 11.2 Å². The zero-order chi connectivity index (χ0) is 20.1. The second-order valence-corrected chi connectivity index (χ2v) is 7.21. The monoisotopic (exact) mass is 392 g/mol. The Morgan fingerprint density at radius 1 is 0.966 bits per heavy atom. The smallest absolute Gasteiger partial charge is 0.403 e. The third kappa shape index (κ3) is 2.50. The van der Waals surface area contributed by atoms with E-state index >= 15 is 0 Å². The minimum absolute atomic E-state index is 0.843. The number of hydrogen-bond acceptors (Lipinski definition) is 5. The van der Waals surface area contributed by atoms with E-state index in [4.69, 9.17) is 14.5 Å². The quantitative estimate of drug-likeness (QED) is 0.639. The van der Waals surface area contributed by atoms with Crippen molar-refractivity contribution in [2.45, 2.75) is 26.9 Å². The summed E-state index contributed by atoms with van der Waals surface area (Å²) in [5, 5.41) is 0. The number of guanidine groups is 1. The van der Waals surface area contributed by atoms with Gasteiger partial charge in [-0.15, -0.1) is 0 Å². The Bertz CT molecular complexity index is 1130. The second-order valence-electron chi connectivity index (χ2n) is 7.21. The molecule has 150 valence electrons. The highest BCUT2D eigenvalue weighted by Gasteiger charge is 2.39. The predicted octanol–water partition coefficient (Wildman–Crippen LogP) is 3.31. The molecule has 0 saturated carbocycles. The van der Waals surface area contributed by atoms with Crippen molar-refractivity contribution in [1.29, 1.82) is 0 Å². The van der Waals surface area contributed by atoms with Crippen molar-refractivity contribution >= 4 is 34.3 Å². The van der Waals surface area contributed by atoms with E-state index in [-0.39, 0.29) is 0 Å². The highest BCUT2D eigenvalue weighted by atomic mass is 16.5. The predicted molar refractivity (Wildman–Crippen MR) is 115 cm³/mol. The molecule has 3 heterocycles. The molecule has 0 bridgehead atoms. The number of aliphatic imine (C=N–C) groups is 1. The van der Waals surface area contributed by atoms with Gasteiger partial charge in [0.15, 0.2) is 0 Å². The van der Waals surface area contributed by atoms with E-state index in [1.54, 1.807) is 14.2 Å². The number of aromatic nitrogens is 2. The molecule has 7 heteroatoms. The van der Waals surface area contributed by atoms with Crippen LogP contribution < -0.4 is 23.8 Å². The Labute approximate surface area is 170 Å². The number of anilines is 2. The van der Waals surface area contributed by atoms with Gasteiger partial charge >= 0.3 is 5.95 Å². The first-order valence-corrected chi connectivity index (χ1v) is 10.1. The van der Waals surface area contributed by atoms with Gasteiger partial charge in [0, 0.05) is 18.7 Å². The van der Waals surface area contributed by atoms with Gasteiger partial charge in [0.2, 0.25) is 0 Å². The first kappa shape index (κ1) is 17.8. The van der Waals surface area contributed by atoms with Crippen LogP contribution in [0, 0.1) is 0 Å². The number of ether oxygens (including phenoxy) is 2. The number of imidazole rings is 1. The molecule has 5 rings (SSSR count). The van der Waals surface area contributed by atoms with Crippen molar-refractivity contribution in [3.63, 3.8) is 0 Å². The summed E-state index contributed by atoms with van der Waals surface area (Å²) in [4.78, 5) is 9.79. The summed E-state index contributed by atoms with van der Waals surface area (Å²) < 4.78 is 15.5. The minimum Gasteiger partial charge on any atom is -0.497 e. The average Bonchev–Trinajstić information content (AvgIpc) is 3.13. The fourth-order valence-corrected chi connectivity index (χ4v) is 4.47. The van der Waals surface area contributed by atoms with Gasteiger partial charge in [0.1, 0.15) is 22.5 Å². The number of methoxy groups -OCH3 is 2. The highest BCUT2D eigenvalue weighted by molar-refractivity contribution is 6.17. The van der Waals surface area contributed by atoms with Crippen molar-refractivity contribution in [2.75, 3.05) is 37.1 Å². The maximum Gasteiger partial charge on any atom is 0.403 e. The van der Waals surface area contributed by atoms with Crippen molar-refractivity contribution in [2.24, 2.45) is 4.99 Å². The number of fused-ring (bicyclic) bond motifs is 6. The Balaban J connectivity index is 1.72. The third-order valence-corrected chi connectivity index (χ3v) is 5.87. The van der Waals surface area contributed by atoms with Crippen LogP contribution in [-0.4, -0.2) is 37.8 Å². The summed E-state index contributed by atoms with van der Waals surface area (Å²) >= 11 is 0. The lowest BCUT2D eigenvalue weighted by Crippen LogP contribution is -2.41. The summed E-state index contributed by atoms with van der Waals surface area (Å²) in [6.45, 7) is 7.73. The lowest BCUT2D eigenvalue weighted by atomic mass is 10.2. The van der Waals surface area contributed by atoms with Crippen LogP contribution in [0.25, 0.3) is 11.0 Å². The average molecular weight is 392 g/mol. The van der Waals surface area contributed by atoms with E-state index < -0.39 is 0 Å². The number of nitrogens with zero attached hydrogens (tertiary/aromatic N) is 5. The lowest BCUT2D eigenvalue weighted by Gasteiger charge is -2.17. The normalized spacial score (nSPS) is 15.0. The van der Waals surface area contributed by atoms with E-state index in [0.717, 1.165) is 60.8 Å². The first-order valence-electron chi connectivity index (χ1n) is 10.1. The molecule has 0 spiro atoms. The summed E-state index contributed by atoms with van der Waals surface area (Å²) in [7, 11) is 3.42. The molecule has 0 unspecified atom stereocenters. The maximum absolute atomic E-state index is 5.46. The van der Waals surface area contributed by atoms with Crippen LogP contribution in [0.2, 0.25) is 0 Å². The second kappa shape index (κ2) is 6.69. The Kier molecular flexibility index (Phi) is 4.12. The van der Waals surface area contributed by atoms with Crippen LogP contribution in [0.15, 0.2) is 41.4 Å². The van der Waals surface area contributed by atoms with Crippen LogP contribution in [-0.2, 0) is 13.1 Å². The van der Waals surface area contributed by atoms with Crippen molar-refractivity contribution in [3.8, 4) is 11.5 Å². The van der Waals surface area contributed by atoms with E-state index in [0.29, 0.717) is 0 Å². The topological polar surface area (TPSA) is 46.1 Å². The standard InChI is InChI=1S/C22H26N5O2/c1-5-24-19-13-15(28-3)7-9-17(19)26-11-12-27-18-10-8-16(29-4)14-20(18)25(6-2)22(27)23-21(24)26/h7-10,13-14H,5-6,11-12H2,1-4H3/q+1. The van der Waals surface area contributed by atoms with E-state index in [1.807, 2.05) is 12.1 Å². The zero-order valence-electron chi connectivity index (χ0n) is 17.3. The molecule has 0 N–H and O–H groups in total. The molecular weight excluding hydrogens is 366 g/mol. The molecule has 3 aromatic rings. The fraction of sp³-hybridized carbons (Fsp3) is 0.364. The molecule has 0 fully saturated rings. The summed E-state index contributed by atoms with van der Waals surface area (Å²) in [6, 6.07) is 12.5. The van der Waals surface area contributed by atoms with Crippen LogP contribution in [0.5, 0.6) is 11.5 Å². The van der Waals surface area contributed by atoms with Crippen LogP contribution in [0.1, 0.15) is 13.8 Å². The van der Waals surface area contributed by atoms with Gasteiger partial charge in [-0.25, -0.2) is 9.13 Å². The molecule has 2 aliphatic rings. The number of rotatable bonds is 4. The van der Waals surface area contributed by atoms with E-state index in [2.05, 4.69) is 57.0 Å². The van der Waals surface area contributed by atoms with Gasteiger partial charge in [-0.2, -0.15) is 0 Å². The van der Waals surface area contributed by atoms with Crippen LogP contribution >= 0.6 is 0 Å². The minimum atomic E-state index is 0.843. The van der Waals surface area contributed by atoms with E-state index in [9.17, 15) is 0 Å². The summed E-state index contributed by atoms with van der Waals surface area (Å²) in [5.41, 5.74) is 4.68. The van der Waals surface area contributed by atoms with Crippen molar-refractivity contribution < 1.29 is 14.0 Å². The molecule has 2 aliphatic heterocycles. The molecular formula is C22H26N5O2+. The molecule has 29 heavy (non-hydrogen) atoms. The third-order valence-electron chi connectivity index (χ3n) is 5.87. The molecule has 7 nitrogen and oxygen atoms in total. The van der Waals surface area contributed by atoms with Gasteiger partial charge in [0.25, 0.3) is 5.96 Å². The van der Waals surface area contributed by atoms with Gasteiger partial charge in [-0.05, 0) is 43.1 Å². The Morgan fingerprint density at radius 3 is 2.45 bits per heavy atom. The molecule has 0 radical (unpaired) electrons. The molecule has 2 aromatic carbocycles. The van der Waals surface area contributed by atoms with Crippen molar-refractivity contribution in [3.05, 3.63) is 36.4 Å². The SMILES string of the molecule is CCN1C2=Nc3n(CC)c4cc(OC)ccc4[n+]3CCN2c2ccc(OC)cc21. The Morgan fingerprint density at radius 2 is 1.72 bits per heavy atom. The molecule has 0 amide bonds. The summed E-state index contributed by atoms with van der Waals surface area (Å²) in [6.07, 6.45) is 0. The Hall–Kier alpha value is -3.22. The zero-order valence-corrected chi connectivity index (χ0v) is 17.3. The van der Waals surface area contributed by atoms with Gasteiger partial charge in [-0.3, -0.25) is 9.80 Å². The van der Waals surface area contributed by atoms with Crippen LogP contribution in [0.4, 0.5) is 17.3 Å². The maximum atomic E-state index is 5.46. The fourth-order valence-electron chi connectivity index (χ4n) is 4.47. The molecule has 0 aliphatic carbocycles. The van der Waals surface area contributed by atoms with Gasteiger partial charge in [-0.1, -0.05) is 0 Å². The van der Waals surface area contributed by atoms with Crippen LogP contribution in [0.3, 0.4) is 0 Å². The lowest BCUT2D eigenvalue weighted by molar-refractivity contribution is -0.655.